The normalized spacial score (nSPS) is 11.0. The first-order valence-corrected chi connectivity index (χ1v) is 12.4. The van der Waals surface area contributed by atoms with Crippen LogP contribution in [0.5, 0.6) is 5.75 Å². The van der Waals surface area contributed by atoms with Gasteiger partial charge >= 0.3 is 0 Å². The lowest BCUT2D eigenvalue weighted by Gasteiger charge is -2.10. The van der Waals surface area contributed by atoms with Crippen molar-refractivity contribution in [3.63, 3.8) is 0 Å². The molecule has 0 saturated heterocycles. The fourth-order valence-electron chi connectivity index (χ4n) is 3.13. The second kappa shape index (κ2) is 12.1. The zero-order valence-corrected chi connectivity index (χ0v) is 19.9. The van der Waals surface area contributed by atoms with Crippen LogP contribution in [-0.4, -0.2) is 33.4 Å². The molecule has 184 valence electrons. The van der Waals surface area contributed by atoms with Crippen LogP contribution in [0.3, 0.4) is 0 Å². The van der Waals surface area contributed by atoms with E-state index in [-0.39, 0.29) is 24.5 Å². The van der Waals surface area contributed by atoms with Crippen LogP contribution in [0.2, 0.25) is 0 Å². The molecule has 3 aromatic rings. The third-order valence-electron chi connectivity index (χ3n) is 4.89. The van der Waals surface area contributed by atoms with Crippen molar-refractivity contribution in [3.8, 4) is 5.75 Å². The van der Waals surface area contributed by atoms with Gasteiger partial charge in [-0.25, -0.2) is 17.5 Å². The maximum atomic E-state index is 13.3. The van der Waals surface area contributed by atoms with Gasteiger partial charge < -0.3 is 15.4 Å². The monoisotopic (exact) mass is 499 g/mol. The molecule has 3 rings (SSSR count). The lowest BCUT2D eigenvalue weighted by molar-refractivity contribution is -0.120. The summed E-state index contributed by atoms with van der Waals surface area (Å²) in [5, 5.41) is 5.18. The molecule has 0 bridgehead atoms. The summed E-state index contributed by atoms with van der Waals surface area (Å²) in [5.74, 6) is -0.632. The van der Waals surface area contributed by atoms with Crippen molar-refractivity contribution in [1.29, 1.82) is 0 Å². The Balaban J connectivity index is 1.49. The predicted octanol–water partition coefficient (Wildman–Crippen LogP) is 2.75. The number of benzene rings is 3. The summed E-state index contributed by atoms with van der Waals surface area (Å²) in [6.45, 7) is 2.16. The van der Waals surface area contributed by atoms with E-state index in [9.17, 15) is 22.4 Å². The maximum Gasteiger partial charge on any atom is 0.251 e. The van der Waals surface area contributed by atoms with E-state index in [1.165, 1.54) is 30.3 Å². The Morgan fingerprint density at radius 3 is 2.26 bits per heavy atom. The van der Waals surface area contributed by atoms with E-state index >= 15 is 0 Å². The van der Waals surface area contributed by atoms with Gasteiger partial charge in [0, 0.05) is 18.7 Å². The summed E-state index contributed by atoms with van der Waals surface area (Å²) in [4.78, 5) is 24.4. The molecule has 0 aromatic heterocycles. The molecule has 8 nitrogen and oxygen atoms in total. The van der Waals surface area contributed by atoms with Crippen molar-refractivity contribution in [2.24, 2.45) is 0 Å². The van der Waals surface area contributed by atoms with Crippen LogP contribution in [-0.2, 0) is 27.9 Å². The van der Waals surface area contributed by atoms with Gasteiger partial charge in [-0.2, -0.15) is 0 Å². The smallest absolute Gasteiger partial charge is 0.251 e. The van der Waals surface area contributed by atoms with Gasteiger partial charge in [-0.15, -0.1) is 0 Å². The Labute approximate surface area is 203 Å². The fourth-order valence-corrected chi connectivity index (χ4v) is 4.21. The molecule has 3 aromatic carbocycles. The van der Waals surface area contributed by atoms with Crippen LogP contribution in [0.25, 0.3) is 0 Å². The minimum atomic E-state index is -3.84. The largest absolute Gasteiger partial charge is 0.494 e. The topological polar surface area (TPSA) is 114 Å². The molecule has 0 fully saturated rings. The number of hydrogen-bond donors (Lipinski definition) is 3. The van der Waals surface area contributed by atoms with E-state index in [1.54, 1.807) is 42.5 Å². The van der Waals surface area contributed by atoms with Crippen molar-refractivity contribution in [3.05, 3.63) is 95.3 Å². The number of halogens is 1. The first-order valence-electron chi connectivity index (χ1n) is 10.9. The van der Waals surface area contributed by atoms with Crippen molar-refractivity contribution in [2.75, 3.05) is 13.2 Å². The lowest BCUT2D eigenvalue weighted by Crippen LogP contribution is -2.36. The Morgan fingerprint density at radius 2 is 1.57 bits per heavy atom. The number of nitrogens with one attached hydrogen (secondary N) is 3. The number of rotatable bonds is 11. The summed E-state index contributed by atoms with van der Waals surface area (Å²) in [6, 6.07) is 18.3. The molecule has 35 heavy (non-hydrogen) atoms. The Hall–Kier alpha value is -3.76. The quantitative estimate of drug-likeness (QED) is 0.376. The van der Waals surface area contributed by atoms with Gasteiger partial charge in [0.15, 0.2) is 0 Å². The minimum absolute atomic E-state index is 0.0180. The molecule has 10 heteroatoms. The number of amides is 2. The SMILES string of the molecule is CCOc1ccc(C(=O)NCC(=O)NCc2cccc(S(=O)(=O)NCc3cccc(F)c3)c2)cc1. The van der Waals surface area contributed by atoms with Gasteiger partial charge in [0.25, 0.3) is 5.91 Å². The molecule has 0 unspecified atom stereocenters. The van der Waals surface area contributed by atoms with Crippen LogP contribution in [0.15, 0.2) is 77.7 Å². The zero-order chi connectivity index (χ0) is 25.3. The Kier molecular flexibility index (Phi) is 8.93. The summed E-state index contributed by atoms with van der Waals surface area (Å²) >= 11 is 0. The molecule has 0 aliphatic rings. The van der Waals surface area contributed by atoms with Crippen molar-refractivity contribution >= 4 is 21.8 Å². The molecule has 0 aliphatic carbocycles. The van der Waals surface area contributed by atoms with Crippen molar-refractivity contribution in [1.82, 2.24) is 15.4 Å². The van der Waals surface area contributed by atoms with Crippen LogP contribution in [0, 0.1) is 5.82 Å². The lowest BCUT2D eigenvalue weighted by atomic mass is 10.2. The van der Waals surface area contributed by atoms with Crippen molar-refractivity contribution in [2.45, 2.75) is 24.9 Å². The second-order valence-corrected chi connectivity index (χ2v) is 9.29. The van der Waals surface area contributed by atoms with Crippen LogP contribution >= 0.6 is 0 Å². The summed E-state index contributed by atoms with van der Waals surface area (Å²) < 4.78 is 46.3. The van der Waals surface area contributed by atoms with Gasteiger partial charge in [-0.1, -0.05) is 24.3 Å². The molecule has 0 atom stereocenters. The molecule has 0 radical (unpaired) electrons. The first-order chi connectivity index (χ1) is 16.8. The molecule has 2 amide bonds. The van der Waals surface area contributed by atoms with E-state index in [2.05, 4.69) is 15.4 Å². The average Bonchev–Trinajstić information content (AvgIpc) is 2.86. The maximum absolute atomic E-state index is 13.3. The van der Waals surface area contributed by atoms with Gasteiger partial charge in [-0.05, 0) is 66.6 Å². The van der Waals surface area contributed by atoms with Crippen LogP contribution < -0.4 is 20.1 Å². The molecular weight excluding hydrogens is 473 g/mol. The molecule has 0 aliphatic heterocycles. The number of carbonyl (C=O) groups is 2. The van der Waals surface area contributed by atoms with E-state index in [1.807, 2.05) is 6.92 Å². The summed E-state index contributed by atoms with van der Waals surface area (Å²) in [5.41, 5.74) is 1.44. The van der Waals surface area contributed by atoms with E-state index in [0.717, 1.165) is 0 Å². The fraction of sp³-hybridized carbons (Fsp3) is 0.200. The van der Waals surface area contributed by atoms with Gasteiger partial charge in [0.05, 0.1) is 18.0 Å². The summed E-state index contributed by atoms with van der Waals surface area (Å²) in [7, 11) is -3.84. The van der Waals surface area contributed by atoms with Gasteiger partial charge in [0.2, 0.25) is 15.9 Å². The Bertz CT molecular complexity index is 1280. The van der Waals surface area contributed by atoms with E-state index in [0.29, 0.717) is 29.0 Å². The average molecular weight is 500 g/mol. The highest BCUT2D eigenvalue weighted by Crippen LogP contribution is 2.13. The van der Waals surface area contributed by atoms with Crippen LogP contribution in [0.4, 0.5) is 4.39 Å². The molecule has 0 heterocycles. The third kappa shape index (κ3) is 7.90. The van der Waals surface area contributed by atoms with Crippen molar-refractivity contribution < 1.29 is 27.1 Å². The predicted molar refractivity (Wildman–Crippen MR) is 129 cm³/mol. The minimum Gasteiger partial charge on any atom is -0.494 e. The second-order valence-electron chi connectivity index (χ2n) is 7.52. The van der Waals surface area contributed by atoms with Gasteiger partial charge in [-0.3, -0.25) is 9.59 Å². The third-order valence-corrected chi connectivity index (χ3v) is 6.29. The zero-order valence-electron chi connectivity index (χ0n) is 19.1. The first kappa shape index (κ1) is 25.9. The standard InChI is InChI=1S/C25H26FN3O5S/c1-2-34-22-11-9-20(10-12-22)25(31)28-17-24(30)27-15-19-6-4-8-23(14-19)35(32,33)29-16-18-5-3-7-21(26)13-18/h3-14,29H,2,15-17H2,1H3,(H,27,30)(H,28,31). The van der Waals surface area contributed by atoms with Crippen LogP contribution in [0.1, 0.15) is 28.4 Å². The number of sulfonamides is 1. The highest BCUT2D eigenvalue weighted by Gasteiger charge is 2.15. The van der Waals surface area contributed by atoms with E-state index < -0.39 is 27.7 Å². The number of ether oxygens (including phenoxy) is 1. The molecule has 3 N–H and O–H groups in total. The highest BCUT2D eigenvalue weighted by molar-refractivity contribution is 7.89. The van der Waals surface area contributed by atoms with E-state index in [4.69, 9.17) is 4.74 Å². The summed E-state index contributed by atoms with van der Waals surface area (Å²) in [6.07, 6.45) is 0. The Morgan fingerprint density at radius 1 is 0.886 bits per heavy atom. The molecular formula is C25H26FN3O5S. The highest BCUT2D eigenvalue weighted by atomic mass is 32.2. The number of carbonyl (C=O) groups excluding carboxylic acids is 2. The number of hydrogen-bond acceptors (Lipinski definition) is 5. The molecule has 0 spiro atoms. The van der Waals surface area contributed by atoms with Gasteiger partial charge in [0.1, 0.15) is 11.6 Å². The molecule has 0 saturated carbocycles.